The van der Waals surface area contributed by atoms with Gasteiger partial charge in [-0.1, -0.05) is 69.5 Å². The van der Waals surface area contributed by atoms with Gasteiger partial charge >= 0.3 is 0 Å². The summed E-state index contributed by atoms with van der Waals surface area (Å²) >= 11 is 0. The van der Waals surface area contributed by atoms with Crippen molar-refractivity contribution >= 4 is 37.7 Å². The first-order valence-electron chi connectivity index (χ1n) is 7.76. The summed E-state index contributed by atoms with van der Waals surface area (Å²) in [6, 6.07) is 8.26. The van der Waals surface area contributed by atoms with Gasteiger partial charge in [-0.25, -0.2) is 9.97 Å². The normalized spacial score (nSPS) is 15.8. The molecule has 0 aliphatic rings. The summed E-state index contributed by atoms with van der Waals surface area (Å²) in [5.41, 5.74) is 4.56. The molecule has 2 nitrogen and oxygen atoms in total. The standard InChI is InChI=1S/C18H28N2P2/c1-17(2,3)21(7)15-16(22(8)18(4,5)6)20-14-12-10-9-11-13(14)19-15/h9-12H,1-8H3/t21-,22-/m0/s1. The van der Waals surface area contributed by atoms with Crippen LogP contribution in [0.1, 0.15) is 41.5 Å². The molecule has 120 valence electrons. The van der Waals surface area contributed by atoms with Crippen LogP contribution in [-0.4, -0.2) is 33.6 Å². The molecule has 2 aromatic rings. The Morgan fingerprint density at radius 3 is 1.27 bits per heavy atom. The fourth-order valence-corrected chi connectivity index (χ4v) is 5.45. The molecule has 2 rings (SSSR count). The third kappa shape index (κ3) is 3.66. The SMILES string of the molecule is C[P@@](c1nc2ccccc2nc1[P@](C)C(C)(C)C)C(C)(C)C. The van der Waals surface area contributed by atoms with Crippen molar-refractivity contribution in [2.24, 2.45) is 0 Å². The Kier molecular flexibility index (Phi) is 4.96. The molecule has 1 aromatic carbocycles. The van der Waals surface area contributed by atoms with Gasteiger partial charge in [-0.3, -0.25) is 0 Å². The van der Waals surface area contributed by atoms with E-state index in [9.17, 15) is 0 Å². The molecule has 0 aliphatic heterocycles. The quantitative estimate of drug-likeness (QED) is 0.744. The topological polar surface area (TPSA) is 25.8 Å². The summed E-state index contributed by atoms with van der Waals surface area (Å²) in [5, 5.41) is 0.491. The number of aromatic nitrogens is 2. The lowest BCUT2D eigenvalue weighted by molar-refractivity contribution is 0.787. The molecule has 1 aromatic heterocycles. The molecule has 0 bridgehead atoms. The Hall–Kier alpha value is -0.580. The van der Waals surface area contributed by atoms with Gasteiger partial charge in [0.05, 0.1) is 21.9 Å². The Morgan fingerprint density at radius 1 is 0.682 bits per heavy atom. The Bertz CT molecular complexity index is 610. The zero-order valence-corrected chi connectivity index (χ0v) is 16.9. The van der Waals surface area contributed by atoms with Crippen LogP contribution in [-0.2, 0) is 0 Å². The highest BCUT2D eigenvalue weighted by Gasteiger charge is 2.31. The van der Waals surface area contributed by atoms with Crippen molar-refractivity contribution in [3.63, 3.8) is 0 Å². The molecule has 0 radical (unpaired) electrons. The maximum atomic E-state index is 5.06. The molecule has 0 saturated heterocycles. The third-order valence-electron chi connectivity index (χ3n) is 4.18. The van der Waals surface area contributed by atoms with E-state index in [4.69, 9.17) is 9.97 Å². The Labute approximate surface area is 137 Å². The average molecular weight is 334 g/mol. The fraction of sp³-hybridized carbons (Fsp3) is 0.556. The van der Waals surface area contributed by atoms with E-state index in [1.54, 1.807) is 0 Å². The highest BCUT2D eigenvalue weighted by atomic mass is 31.1. The van der Waals surface area contributed by atoms with Gasteiger partial charge in [0.1, 0.15) is 0 Å². The number of para-hydroxylation sites is 2. The van der Waals surface area contributed by atoms with E-state index < -0.39 is 0 Å². The molecule has 0 unspecified atom stereocenters. The highest BCUT2D eigenvalue weighted by molar-refractivity contribution is 7.72. The van der Waals surface area contributed by atoms with E-state index in [0.717, 1.165) is 11.0 Å². The van der Waals surface area contributed by atoms with Crippen molar-refractivity contribution in [3.8, 4) is 0 Å². The first-order valence-corrected chi connectivity index (χ1v) is 11.3. The van der Waals surface area contributed by atoms with E-state index in [-0.39, 0.29) is 26.2 Å². The van der Waals surface area contributed by atoms with Gasteiger partial charge in [0.2, 0.25) is 0 Å². The van der Waals surface area contributed by atoms with Gasteiger partial charge in [-0.2, -0.15) is 0 Å². The van der Waals surface area contributed by atoms with Gasteiger partial charge in [-0.15, -0.1) is 0 Å². The Morgan fingerprint density at radius 2 is 1.00 bits per heavy atom. The highest BCUT2D eigenvalue weighted by Crippen LogP contribution is 2.49. The fourth-order valence-electron chi connectivity index (χ4n) is 2.07. The summed E-state index contributed by atoms with van der Waals surface area (Å²) in [6.07, 6.45) is 0. The molecule has 0 spiro atoms. The van der Waals surface area contributed by atoms with Crippen LogP contribution in [0.2, 0.25) is 0 Å². The van der Waals surface area contributed by atoms with Gasteiger partial charge in [0.25, 0.3) is 0 Å². The minimum atomic E-state index is -0.348. The molecule has 0 N–H and O–H groups in total. The largest absolute Gasteiger partial charge is 0.244 e. The molecular weight excluding hydrogens is 306 g/mol. The molecule has 0 amide bonds. The summed E-state index contributed by atoms with van der Waals surface area (Å²) in [5.74, 6) is 0. The van der Waals surface area contributed by atoms with Gasteiger partial charge in [0, 0.05) is 0 Å². The minimum absolute atomic E-state index is 0.245. The summed E-state index contributed by atoms with van der Waals surface area (Å²) in [6.45, 7) is 18.6. The van der Waals surface area contributed by atoms with Crippen molar-refractivity contribution in [1.82, 2.24) is 9.97 Å². The lowest BCUT2D eigenvalue weighted by atomic mass is 10.3. The zero-order chi connectivity index (χ0) is 16.7. The summed E-state index contributed by atoms with van der Waals surface area (Å²) in [4.78, 5) is 10.1. The molecule has 1 heterocycles. The number of benzene rings is 1. The summed E-state index contributed by atoms with van der Waals surface area (Å²) in [7, 11) is -0.695. The molecule has 4 heteroatoms. The van der Waals surface area contributed by atoms with E-state index in [1.165, 1.54) is 10.9 Å². The van der Waals surface area contributed by atoms with Crippen molar-refractivity contribution in [2.75, 3.05) is 13.3 Å². The summed E-state index contributed by atoms with van der Waals surface area (Å²) < 4.78 is 0. The molecule has 0 aliphatic carbocycles. The van der Waals surface area contributed by atoms with Crippen LogP contribution < -0.4 is 10.9 Å². The van der Waals surface area contributed by atoms with Crippen molar-refractivity contribution in [1.29, 1.82) is 0 Å². The predicted octanol–water partition coefficient (Wildman–Crippen LogP) is 4.70. The third-order valence-corrected chi connectivity index (χ3v) is 10.3. The molecule has 0 saturated carbocycles. The van der Waals surface area contributed by atoms with Crippen LogP contribution in [0.15, 0.2) is 24.3 Å². The molecule has 0 fully saturated rings. The maximum Gasteiger partial charge on any atom is 0.0899 e. The van der Waals surface area contributed by atoms with Crippen molar-refractivity contribution in [2.45, 2.75) is 51.9 Å². The van der Waals surface area contributed by atoms with Crippen molar-refractivity contribution in [3.05, 3.63) is 24.3 Å². The zero-order valence-electron chi connectivity index (χ0n) is 15.1. The molecular formula is C18H28N2P2. The van der Waals surface area contributed by atoms with Crippen LogP contribution >= 0.6 is 15.8 Å². The lowest BCUT2D eigenvalue weighted by Gasteiger charge is -2.33. The minimum Gasteiger partial charge on any atom is -0.244 e. The first-order chi connectivity index (χ1) is 10.0. The van der Waals surface area contributed by atoms with Crippen LogP contribution in [0.4, 0.5) is 0 Å². The second kappa shape index (κ2) is 6.14. The second-order valence-corrected chi connectivity index (χ2v) is 13.6. The monoisotopic (exact) mass is 334 g/mol. The number of rotatable bonds is 2. The van der Waals surface area contributed by atoms with E-state index in [2.05, 4.69) is 67.0 Å². The van der Waals surface area contributed by atoms with Crippen molar-refractivity contribution < 1.29 is 0 Å². The van der Waals surface area contributed by atoms with E-state index in [1.807, 2.05) is 12.1 Å². The molecule has 22 heavy (non-hydrogen) atoms. The second-order valence-electron chi connectivity index (χ2n) is 7.82. The lowest BCUT2D eigenvalue weighted by Crippen LogP contribution is -2.36. The molecule has 2 atom stereocenters. The van der Waals surface area contributed by atoms with Crippen LogP contribution in [0.5, 0.6) is 0 Å². The van der Waals surface area contributed by atoms with E-state index >= 15 is 0 Å². The maximum absolute atomic E-state index is 5.06. The number of nitrogens with zero attached hydrogens (tertiary/aromatic N) is 2. The number of fused-ring (bicyclic) bond motifs is 1. The Balaban J connectivity index is 2.70. The smallest absolute Gasteiger partial charge is 0.0899 e. The van der Waals surface area contributed by atoms with Gasteiger partial charge < -0.3 is 0 Å². The van der Waals surface area contributed by atoms with Gasteiger partial charge in [-0.05, 0) is 35.8 Å². The number of hydrogen-bond acceptors (Lipinski definition) is 2. The van der Waals surface area contributed by atoms with Crippen LogP contribution in [0.25, 0.3) is 11.0 Å². The number of hydrogen-bond donors (Lipinski definition) is 0. The van der Waals surface area contributed by atoms with Crippen LogP contribution in [0, 0.1) is 0 Å². The predicted molar refractivity (Wildman–Crippen MR) is 104 cm³/mol. The average Bonchev–Trinajstić information content (AvgIpc) is 2.42. The van der Waals surface area contributed by atoms with Gasteiger partial charge in [0.15, 0.2) is 0 Å². The van der Waals surface area contributed by atoms with E-state index in [0.29, 0.717) is 0 Å². The van der Waals surface area contributed by atoms with Crippen LogP contribution in [0.3, 0.4) is 0 Å². The first kappa shape index (κ1) is 17.8.